The molecule has 0 fully saturated rings. The van der Waals surface area contributed by atoms with Gasteiger partial charge in [0.15, 0.2) is 0 Å². The lowest BCUT2D eigenvalue weighted by atomic mass is 10.2. The number of benzene rings is 2. The van der Waals surface area contributed by atoms with Crippen molar-refractivity contribution in [2.45, 2.75) is 57.6 Å². The van der Waals surface area contributed by atoms with Crippen molar-refractivity contribution in [3.05, 3.63) is 52.2 Å². The Labute approximate surface area is 213 Å². The molecule has 1 aromatic heterocycles. The van der Waals surface area contributed by atoms with E-state index in [1.165, 1.54) is 18.2 Å². The van der Waals surface area contributed by atoms with Crippen molar-refractivity contribution < 1.29 is 27.5 Å². The van der Waals surface area contributed by atoms with Gasteiger partial charge in [-0.15, -0.1) is 0 Å². The summed E-state index contributed by atoms with van der Waals surface area (Å²) < 4.78 is 37.8. The Bertz CT molecular complexity index is 1250. The van der Waals surface area contributed by atoms with Gasteiger partial charge in [0.1, 0.15) is 14.9 Å². The summed E-state index contributed by atoms with van der Waals surface area (Å²) in [5, 5.41) is 7.67. The monoisotopic (exact) mass is 601 g/mol. The highest BCUT2D eigenvalue weighted by atomic mass is 127. The van der Waals surface area contributed by atoms with Gasteiger partial charge >= 0.3 is 6.09 Å². The molecule has 0 bridgehead atoms. The fraction of sp³-hybridized carbons (Fsp3) is 0.348. The number of nitrogens with one attached hydrogen (secondary N) is 1. The van der Waals surface area contributed by atoms with Crippen LogP contribution in [0.25, 0.3) is 10.9 Å². The van der Waals surface area contributed by atoms with Crippen LogP contribution in [0.15, 0.2) is 53.4 Å². The van der Waals surface area contributed by atoms with E-state index in [4.69, 9.17) is 4.74 Å². The van der Waals surface area contributed by atoms with Gasteiger partial charge in [-0.2, -0.15) is 9.40 Å². The van der Waals surface area contributed by atoms with Crippen LogP contribution in [0, 0.1) is 3.70 Å². The number of nitrogens with zero attached hydrogens (tertiary/aromatic N) is 2. The second kappa shape index (κ2) is 10.7. The van der Waals surface area contributed by atoms with Crippen LogP contribution in [0.4, 0.5) is 10.5 Å². The second-order valence-corrected chi connectivity index (χ2v) is 12.0. The number of carbonyl (C=O) groups excluding carboxylic acids is 2. The van der Waals surface area contributed by atoms with Crippen LogP contribution in [0.3, 0.4) is 0 Å². The molecule has 0 saturated heterocycles. The lowest BCUT2D eigenvalue weighted by Gasteiger charge is -2.27. The predicted molar refractivity (Wildman–Crippen MR) is 138 cm³/mol. The van der Waals surface area contributed by atoms with E-state index in [1.807, 2.05) is 20.8 Å². The molecule has 0 aliphatic rings. The quantitative estimate of drug-likeness (QED) is 0.320. The summed E-state index contributed by atoms with van der Waals surface area (Å²) in [5.41, 5.74) is -0.318. The van der Waals surface area contributed by atoms with Crippen LogP contribution in [0.1, 0.15) is 41.5 Å². The lowest BCUT2D eigenvalue weighted by molar-refractivity contribution is -0.138. The fourth-order valence-electron chi connectivity index (χ4n) is 2.58. The number of hydrogen-bond acceptors (Lipinski definition) is 7. The van der Waals surface area contributed by atoms with Crippen LogP contribution in [-0.2, 0) is 24.3 Å². The first-order chi connectivity index (χ1) is 15.7. The normalized spacial score (nSPS) is 11.9. The molecule has 184 valence electrons. The van der Waals surface area contributed by atoms with Crippen molar-refractivity contribution in [1.82, 2.24) is 10.2 Å². The van der Waals surface area contributed by atoms with E-state index in [0.717, 1.165) is 3.70 Å². The summed E-state index contributed by atoms with van der Waals surface area (Å²) in [7, 11) is -4.16. The number of sulfonamides is 1. The molecular formula is C23H28IN3O6S. The maximum atomic E-state index is 13.2. The Balaban J connectivity index is 0.000000509. The number of H-pyrrole nitrogens is 1. The van der Waals surface area contributed by atoms with Crippen molar-refractivity contribution in [1.29, 1.82) is 0 Å². The number of ether oxygens (including phenoxy) is 2. The summed E-state index contributed by atoms with van der Waals surface area (Å²) in [6.07, 6.45) is -0.968. The van der Waals surface area contributed by atoms with Gasteiger partial charge in [0.2, 0.25) is 0 Å². The predicted octanol–water partition coefficient (Wildman–Crippen LogP) is 5.26. The Morgan fingerprint density at radius 3 is 2.15 bits per heavy atom. The third-order valence-electron chi connectivity index (χ3n) is 3.97. The molecule has 34 heavy (non-hydrogen) atoms. The summed E-state index contributed by atoms with van der Waals surface area (Å²) in [6.45, 7) is 11.0. The molecule has 3 rings (SSSR count). The highest BCUT2D eigenvalue weighted by Crippen LogP contribution is 2.30. The van der Waals surface area contributed by atoms with Gasteiger partial charge in [-0.3, -0.25) is 9.89 Å². The van der Waals surface area contributed by atoms with Crippen LogP contribution < -0.4 is 4.31 Å². The van der Waals surface area contributed by atoms with E-state index >= 15 is 0 Å². The van der Waals surface area contributed by atoms with Gasteiger partial charge in [-0.1, -0.05) is 18.2 Å². The van der Waals surface area contributed by atoms with E-state index in [9.17, 15) is 18.0 Å². The van der Waals surface area contributed by atoms with Crippen LogP contribution >= 0.6 is 22.6 Å². The summed E-state index contributed by atoms with van der Waals surface area (Å²) >= 11 is 2.06. The lowest BCUT2D eigenvalue weighted by Crippen LogP contribution is -2.41. The van der Waals surface area contributed by atoms with Crippen molar-refractivity contribution in [2.24, 2.45) is 0 Å². The van der Waals surface area contributed by atoms with Crippen LogP contribution in [0.5, 0.6) is 0 Å². The van der Waals surface area contributed by atoms with Gasteiger partial charge in [-0.25, -0.2) is 13.2 Å². The molecule has 9 nitrogen and oxygen atoms in total. The average Bonchev–Trinajstić information content (AvgIpc) is 3.07. The van der Waals surface area contributed by atoms with E-state index in [1.54, 1.807) is 51.1 Å². The van der Waals surface area contributed by atoms with Crippen molar-refractivity contribution >= 4 is 61.8 Å². The largest absolute Gasteiger partial charge is 0.462 e. The topological polar surface area (TPSA) is 119 Å². The smallest absolute Gasteiger partial charge is 0.429 e. The molecule has 0 aliphatic heterocycles. The number of halogens is 1. The van der Waals surface area contributed by atoms with E-state index in [0.29, 0.717) is 21.7 Å². The Hall–Kier alpha value is -2.67. The molecule has 0 spiro atoms. The summed E-state index contributed by atoms with van der Waals surface area (Å²) in [4.78, 5) is 22.4. The number of amides is 1. The highest BCUT2D eigenvalue weighted by Gasteiger charge is 2.35. The zero-order valence-corrected chi connectivity index (χ0v) is 22.8. The standard InChI is InChI=1S/C18H18IN3O4S.C5H10O2/c1-18(2,3)26-17(23)22(27(24,25)13-7-5-4-6-8-13)12-9-10-15-14(11-12)16(19)21-20-15;1-5(2,3)7-4-6/h4-11H,1-3H3,(H,20,21);4H,1-3H3. The Morgan fingerprint density at radius 1 is 1.03 bits per heavy atom. The molecule has 11 heteroatoms. The van der Waals surface area contributed by atoms with Gasteiger partial charge in [0, 0.05) is 5.39 Å². The molecule has 0 saturated carbocycles. The maximum absolute atomic E-state index is 13.2. The van der Waals surface area contributed by atoms with Crippen LogP contribution in [-0.4, -0.2) is 42.4 Å². The molecule has 0 aliphatic carbocycles. The van der Waals surface area contributed by atoms with E-state index in [-0.39, 0.29) is 16.2 Å². The molecule has 0 unspecified atom stereocenters. The number of anilines is 1. The van der Waals surface area contributed by atoms with Gasteiger partial charge in [-0.05, 0) is 94.5 Å². The average molecular weight is 601 g/mol. The first kappa shape index (κ1) is 27.6. The number of hydrogen-bond donors (Lipinski definition) is 1. The number of aromatic amines is 1. The highest BCUT2D eigenvalue weighted by molar-refractivity contribution is 14.1. The molecule has 0 radical (unpaired) electrons. The van der Waals surface area contributed by atoms with E-state index in [2.05, 4.69) is 37.5 Å². The fourth-order valence-corrected chi connectivity index (χ4v) is 4.47. The molecule has 1 amide bonds. The molecule has 1 N–H and O–H groups in total. The summed E-state index contributed by atoms with van der Waals surface area (Å²) in [6, 6.07) is 12.6. The molecule has 3 aromatic rings. The molecule has 1 heterocycles. The first-order valence-electron chi connectivity index (χ1n) is 10.2. The van der Waals surface area contributed by atoms with Gasteiger partial charge in [0.05, 0.1) is 16.1 Å². The SMILES string of the molecule is CC(C)(C)OC(=O)N(c1ccc2n[nH]c(I)c2c1)S(=O)(=O)c1ccccc1.CC(C)(C)OC=O. The minimum absolute atomic E-state index is 0.00199. The number of aromatic nitrogens is 2. The second-order valence-electron chi connectivity index (χ2n) is 9.13. The molecule has 2 aromatic carbocycles. The Morgan fingerprint density at radius 2 is 1.65 bits per heavy atom. The third-order valence-corrected chi connectivity index (χ3v) is 6.50. The van der Waals surface area contributed by atoms with Crippen molar-refractivity contribution in [3.8, 4) is 0 Å². The van der Waals surface area contributed by atoms with E-state index < -0.39 is 21.7 Å². The van der Waals surface area contributed by atoms with Crippen LogP contribution in [0.2, 0.25) is 0 Å². The maximum Gasteiger partial charge on any atom is 0.429 e. The minimum Gasteiger partial charge on any atom is -0.462 e. The zero-order chi connectivity index (χ0) is 25.7. The number of fused-ring (bicyclic) bond motifs is 1. The number of rotatable bonds is 4. The molecule has 0 atom stereocenters. The zero-order valence-electron chi connectivity index (χ0n) is 19.8. The number of carbonyl (C=O) groups is 2. The Kier molecular flexibility index (Phi) is 8.70. The van der Waals surface area contributed by atoms with Crippen molar-refractivity contribution in [2.75, 3.05) is 4.31 Å². The minimum atomic E-state index is -4.16. The third kappa shape index (κ3) is 7.42. The molecular weight excluding hydrogens is 573 g/mol. The summed E-state index contributed by atoms with van der Waals surface area (Å²) in [5.74, 6) is 0. The van der Waals surface area contributed by atoms with Gasteiger partial charge in [0.25, 0.3) is 16.5 Å². The first-order valence-corrected chi connectivity index (χ1v) is 12.8. The van der Waals surface area contributed by atoms with Gasteiger partial charge < -0.3 is 9.47 Å². The van der Waals surface area contributed by atoms with Crippen molar-refractivity contribution in [3.63, 3.8) is 0 Å².